The van der Waals surface area contributed by atoms with E-state index in [-0.39, 0.29) is 10.6 Å². The van der Waals surface area contributed by atoms with Crippen LogP contribution in [-0.2, 0) is 13.5 Å². The topological polar surface area (TPSA) is 85.9 Å². The third-order valence-electron chi connectivity index (χ3n) is 3.12. The lowest BCUT2D eigenvalue weighted by Crippen LogP contribution is -2.07. The minimum Gasteiger partial charge on any atom is -0.379 e. The van der Waals surface area contributed by atoms with Gasteiger partial charge >= 0.3 is 5.69 Å². The van der Waals surface area contributed by atoms with Crippen molar-refractivity contribution in [1.29, 1.82) is 0 Å². The molecule has 0 aliphatic heterocycles. The molecule has 0 aliphatic carbocycles. The lowest BCUT2D eigenvalue weighted by molar-refractivity contribution is -0.382. The molecule has 1 N–H and O–H groups in total. The minimum atomic E-state index is -0.384. The van der Waals surface area contributed by atoms with Gasteiger partial charge < -0.3 is 5.32 Å². The zero-order chi connectivity index (χ0) is 14.8. The molecule has 0 aliphatic rings. The number of nitrogens with one attached hydrogen (secondary N) is 1. The van der Waals surface area contributed by atoms with Gasteiger partial charge in [-0.15, -0.1) is 11.3 Å². The second-order valence-corrected chi connectivity index (χ2v) is 5.46. The smallest absolute Gasteiger partial charge is 0.319 e. The van der Waals surface area contributed by atoms with Crippen LogP contribution >= 0.6 is 11.3 Å². The van der Waals surface area contributed by atoms with Gasteiger partial charge in [-0.2, -0.15) is 5.10 Å². The van der Waals surface area contributed by atoms with Gasteiger partial charge in [0, 0.05) is 26.2 Å². The standard InChI is InChI=1S/C13H13N5O2S/c1-17-7-5-9(16-17)4-6-14-10-2-3-11-12(15-8-21-11)13(10)18(19)20/h2-3,5,7-8,14H,4,6H2,1H3. The number of hydrogen-bond acceptors (Lipinski definition) is 6. The molecule has 0 amide bonds. The molecular formula is C13H13N5O2S. The monoisotopic (exact) mass is 303 g/mol. The predicted molar refractivity (Wildman–Crippen MR) is 81.7 cm³/mol. The molecule has 0 saturated carbocycles. The third kappa shape index (κ3) is 2.70. The van der Waals surface area contributed by atoms with Crippen LogP contribution in [0.3, 0.4) is 0 Å². The van der Waals surface area contributed by atoms with Gasteiger partial charge in [0.1, 0.15) is 5.69 Å². The van der Waals surface area contributed by atoms with Gasteiger partial charge in [0.15, 0.2) is 5.52 Å². The van der Waals surface area contributed by atoms with E-state index in [0.29, 0.717) is 24.2 Å². The fraction of sp³-hybridized carbons (Fsp3) is 0.231. The molecule has 3 aromatic rings. The molecule has 21 heavy (non-hydrogen) atoms. The first-order valence-corrected chi connectivity index (χ1v) is 7.26. The van der Waals surface area contributed by atoms with Crippen LogP contribution in [0.1, 0.15) is 5.69 Å². The summed E-state index contributed by atoms with van der Waals surface area (Å²) in [6, 6.07) is 5.51. The molecule has 0 bridgehead atoms. The average molecular weight is 303 g/mol. The van der Waals surface area contributed by atoms with Gasteiger partial charge in [0.2, 0.25) is 0 Å². The number of nitrogens with zero attached hydrogens (tertiary/aromatic N) is 4. The SMILES string of the molecule is Cn1ccc(CCNc2ccc3scnc3c2[N+](=O)[O-])n1. The number of rotatable bonds is 5. The Labute approximate surface area is 124 Å². The summed E-state index contributed by atoms with van der Waals surface area (Å²) in [6.45, 7) is 0.577. The Morgan fingerprint density at radius 3 is 3.00 bits per heavy atom. The van der Waals surface area contributed by atoms with Crippen LogP contribution in [0, 0.1) is 10.1 Å². The van der Waals surface area contributed by atoms with Crippen molar-refractivity contribution in [3.8, 4) is 0 Å². The number of hydrogen-bond donors (Lipinski definition) is 1. The molecule has 2 aromatic heterocycles. The summed E-state index contributed by atoms with van der Waals surface area (Å²) in [4.78, 5) is 15.0. The van der Waals surface area contributed by atoms with Crippen molar-refractivity contribution >= 4 is 32.9 Å². The maximum Gasteiger partial charge on any atom is 0.319 e. The molecule has 0 atom stereocenters. The second-order valence-electron chi connectivity index (χ2n) is 4.58. The first-order valence-electron chi connectivity index (χ1n) is 6.38. The Balaban J connectivity index is 1.80. The van der Waals surface area contributed by atoms with E-state index in [2.05, 4.69) is 15.4 Å². The highest BCUT2D eigenvalue weighted by Crippen LogP contribution is 2.34. The van der Waals surface area contributed by atoms with Crippen molar-refractivity contribution < 1.29 is 4.92 Å². The molecule has 8 heteroatoms. The maximum atomic E-state index is 11.3. The summed E-state index contributed by atoms with van der Waals surface area (Å²) in [5, 5.41) is 18.7. The van der Waals surface area contributed by atoms with Crippen molar-refractivity contribution in [2.45, 2.75) is 6.42 Å². The Kier molecular flexibility index (Phi) is 3.53. The average Bonchev–Trinajstić information content (AvgIpc) is 3.06. The Bertz CT molecular complexity index is 795. The van der Waals surface area contributed by atoms with Crippen molar-refractivity contribution in [3.05, 3.63) is 45.7 Å². The molecule has 108 valence electrons. The van der Waals surface area contributed by atoms with Crippen molar-refractivity contribution in [1.82, 2.24) is 14.8 Å². The van der Waals surface area contributed by atoms with Crippen molar-refractivity contribution in [2.75, 3.05) is 11.9 Å². The molecule has 0 unspecified atom stereocenters. The van der Waals surface area contributed by atoms with E-state index in [1.54, 1.807) is 16.3 Å². The highest BCUT2D eigenvalue weighted by Gasteiger charge is 2.20. The van der Waals surface area contributed by atoms with Crippen LogP contribution in [0.2, 0.25) is 0 Å². The fourth-order valence-corrected chi connectivity index (χ4v) is 2.85. The molecule has 3 rings (SSSR count). The maximum absolute atomic E-state index is 11.3. The number of benzene rings is 1. The molecule has 1 aromatic carbocycles. The molecular weight excluding hydrogens is 290 g/mol. The van der Waals surface area contributed by atoms with Crippen LogP contribution in [0.5, 0.6) is 0 Å². The normalized spacial score (nSPS) is 10.9. The first-order chi connectivity index (χ1) is 10.1. The lowest BCUT2D eigenvalue weighted by atomic mass is 10.2. The van der Waals surface area contributed by atoms with E-state index < -0.39 is 0 Å². The third-order valence-corrected chi connectivity index (χ3v) is 3.92. The van der Waals surface area contributed by atoms with E-state index >= 15 is 0 Å². The zero-order valence-corrected chi connectivity index (χ0v) is 12.1. The quantitative estimate of drug-likeness (QED) is 0.578. The number of nitro groups is 1. The van der Waals surface area contributed by atoms with Gasteiger partial charge in [-0.1, -0.05) is 0 Å². The number of thiazole rings is 1. The fourth-order valence-electron chi connectivity index (χ4n) is 2.17. The van der Waals surface area contributed by atoms with Gasteiger partial charge in [-0.25, -0.2) is 4.98 Å². The number of aryl methyl sites for hydroxylation is 1. The Morgan fingerprint density at radius 1 is 1.43 bits per heavy atom. The van der Waals surface area contributed by atoms with Gasteiger partial charge in [0.05, 0.1) is 20.8 Å². The highest BCUT2D eigenvalue weighted by atomic mass is 32.1. The lowest BCUT2D eigenvalue weighted by Gasteiger charge is -2.06. The Morgan fingerprint density at radius 2 is 2.29 bits per heavy atom. The van der Waals surface area contributed by atoms with E-state index in [9.17, 15) is 10.1 Å². The number of aromatic nitrogens is 3. The molecule has 0 saturated heterocycles. The van der Waals surface area contributed by atoms with Crippen LogP contribution in [0.25, 0.3) is 10.2 Å². The van der Waals surface area contributed by atoms with E-state index in [1.165, 1.54) is 11.3 Å². The molecule has 0 radical (unpaired) electrons. The summed E-state index contributed by atoms with van der Waals surface area (Å²) >= 11 is 1.39. The minimum absolute atomic E-state index is 0.0368. The van der Waals surface area contributed by atoms with E-state index in [4.69, 9.17) is 0 Å². The number of nitro benzene ring substituents is 1. The summed E-state index contributed by atoms with van der Waals surface area (Å²) in [5.74, 6) is 0. The van der Waals surface area contributed by atoms with Crippen LogP contribution < -0.4 is 5.32 Å². The van der Waals surface area contributed by atoms with Gasteiger partial charge in [-0.05, 0) is 18.2 Å². The van der Waals surface area contributed by atoms with Gasteiger partial charge in [-0.3, -0.25) is 14.8 Å². The van der Waals surface area contributed by atoms with Gasteiger partial charge in [0.25, 0.3) is 0 Å². The molecule has 7 nitrogen and oxygen atoms in total. The van der Waals surface area contributed by atoms with Crippen LogP contribution in [-0.4, -0.2) is 26.2 Å². The predicted octanol–water partition coefficient (Wildman–Crippen LogP) is 2.59. The van der Waals surface area contributed by atoms with E-state index in [1.807, 2.05) is 25.4 Å². The summed E-state index contributed by atoms with van der Waals surface area (Å²) in [7, 11) is 1.86. The second kappa shape index (κ2) is 5.49. The number of fused-ring (bicyclic) bond motifs is 1. The molecule has 0 fully saturated rings. The first kappa shape index (κ1) is 13.5. The highest BCUT2D eigenvalue weighted by molar-refractivity contribution is 7.16. The molecule has 2 heterocycles. The Hall–Kier alpha value is -2.48. The summed E-state index contributed by atoms with van der Waals surface area (Å²) in [6.07, 6.45) is 2.58. The van der Waals surface area contributed by atoms with Crippen LogP contribution in [0.4, 0.5) is 11.4 Å². The summed E-state index contributed by atoms with van der Waals surface area (Å²) < 4.78 is 2.55. The zero-order valence-electron chi connectivity index (χ0n) is 11.3. The largest absolute Gasteiger partial charge is 0.379 e. The van der Waals surface area contributed by atoms with Crippen molar-refractivity contribution in [2.24, 2.45) is 7.05 Å². The number of anilines is 1. The summed E-state index contributed by atoms with van der Waals surface area (Å²) in [5.41, 5.74) is 3.54. The van der Waals surface area contributed by atoms with Crippen molar-refractivity contribution in [3.63, 3.8) is 0 Å². The van der Waals surface area contributed by atoms with E-state index in [0.717, 1.165) is 10.4 Å². The molecule has 0 spiro atoms. The van der Waals surface area contributed by atoms with Crippen LogP contribution in [0.15, 0.2) is 29.9 Å².